The number of aliphatic imine (C=N–C) groups is 1. The van der Waals surface area contributed by atoms with Gasteiger partial charge in [-0.3, -0.25) is 4.99 Å². The van der Waals surface area contributed by atoms with Crippen LogP contribution >= 0.6 is 0 Å². The molecule has 3 heteroatoms. The van der Waals surface area contributed by atoms with Crippen LogP contribution in [0.5, 0.6) is 0 Å². The van der Waals surface area contributed by atoms with Gasteiger partial charge in [0.2, 0.25) is 0 Å². The van der Waals surface area contributed by atoms with E-state index in [2.05, 4.69) is 16.9 Å². The fourth-order valence-corrected chi connectivity index (χ4v) is 1.66. The average molecular weight is 161 g/mol. The van der Waals surface area contributed by atoms with Crippen molar-refractivity contribution in [3.63, 3.8) is 0 Å². The number of fused-ring (bicyclic) bond motifs is 1. The summed E-state index contributed by atoms with van der Waals surface area (Å²) in [4.78, 5) is 8.45. The molecule has 1 aliphatic rings. The first-order valence-electron chi connectivity index (χ1n) is 3.99. The summed E-state index contributed by atoms with van der Waals surface area (Å²) in [6.45, 7) is 4.04. The highest BCUT2D eigenvalue weighted by atomic mass is 14.9. The van der Waals surface area contributed by atoms with E-state index in [0.29, 0.717) is 5.82 Å². The summed E-state index contributed by atoms with van der Waals surface area (Å²) in [6, 6.07) is 2.22. The number of pyridine rings is 1. The number of hydrogen-bond acceptors (Lipinski definition) is 3. The van der Waals surface area contributed by atoms with Gasteiger partial charge in [-0.25, -0.2) is 4.98 Å². The van der Waals surface area contributed by atoms with Gasteiger partial charge in [-0.2, -0.15) is 0 Å². The third kappa shape index (κ3) is 0.826. The summed E-state index contributed by atoms with van der Waals surface area (Å²) in [5.41, 5.74) is 8.96. The standard InChI is InChI=1S/C9H11N3/c1-5-7-3-4-11-9(10)8(7)6(2)12-5/h3-5H,1-2H3,(H2,10,11). The van der Waals surface area contributed by atoms with Crippen LogP contribution in [-0.2, 0) is 0 Å². The molecule has 0 amide bonds. The van der Waals surface area contributed by atoms with Crippen molar-refractivity contribution in [2.45, 2.75) is 19.9 Å². The van der Waals surface area contributed by atoms with Gasteiger partial charge in [0.15, 0.2) is 0 Å². The average Bonchev–Trinajstić information content (AvgIpc) is 2.29. The maximum absolute atomic E-state index is 5.73. The van der Waals surface area contributed by atoms with Crippen molar-refractivity contribution in [1.82, 2.24) is 4.98 Å². The quantitative estimate of drug-likeness (QED) is 0.627. The molecule has 0 fully saturated rings. The number of nitrogens with zero attached hydrogens (tertiary/aromatic N) is 2. The molecule has 1 aromatic rings. The zero-order valence-electron chi connectivity index (χ0n) is 7.20. The van der Waals surface area contributed by atoms with Crippen LogP contribution in [0.1, 0.15) is 31.0 Å². The van der Waals surface area contributed by atoms with Crippen LogP contribution in [0, 0.1) is 0 Å². The van der Waals surface area contributed by atoms with E-state index in [1.165, 1.54) is 5.56 Å². The number of anilines is 1. The van der Waals surface area contributed by atoms with E-state index in [1.807, 2.05) is 13.0 Å². The lowest BCUT2D eigenvalue weighted by atomic mass is 10.0. The Morgan fingerprint density at radius 2 is 2.25 bits per heavy atom. The Hall–Kier alpha value is -1.38. The van der Waals surface area contributed by atoms with E-state index in [4.69, 9.17) is 5.73 Å². The largest absolute Gasteiger partial charge is 0.383 e. The van der Waals surface area contributed by atoms with E-state index >= 15 is 0 Å². The molecule has 1 unspecified atom stereocenters. The summed E-state index contributed by atoms with van der Waals surface area (Å²) >= 11 is 0. The van der Waals surface area contributed by atoms with E-state index in [0.717, 1.165) is 11.3 Å². The molecule has 2 N–H and O–H groups in total. The molecule has 0 aromatic carbocycles. The first-order chi connectivity index (χ1) is 5.70. The fraction of sp³-hybridized carbons (Fsp3) is 0.333. The topological polar surface area (TPSA) is 51.3 Å². The Labute approximate surface area is 71.3 Å². The molecule has 2 heterocycles. The molecule has 0 aliphatic carbocycles. The van der Waals surface area contributed by atoms with Crippen molar-refractivity contribution in [2.75, 3.05) is 5.73 Å². The van der Waals surface area contributed by atoms with Crippen LogP contribution in [0.2, 0.25) is 0 Å². The molecular formula is C9H11N3. The van der Waals surface area contributed by atoms with Gasteiger partial charge in [-0.15, -0.1) is 0 Å². The third-order valence-electron chi connectivity index (χ3n) is 2.21. The lowest BCUT2D eigenvalue weighted by molar-refractivity contribution is 0.840. The molecule has 0 saturated carbocycles. The predicted octanol–water partition coefficient (Wildman–Crippen LogP) is 1.55. The number of hydrogen-bond donors (Lipinski definition) is 1. The lowest BCUT2D eigenvalue weighted by Crippen LogP contribution is -2.01. The van der Waals surface area contributed by atoms with Crippen molar-refractivity contribution in [2.24, 2.45) is 4.99 Å². The van der Waals surface area contributed by atoms with Gasteiger partial charge in [-0.1, -0.05) is 0 Å². The monoisotopic (exact) mass is 161 g/mol. The third-order valence-corrected chi connectivity index (χ3v) is 2.21. The summed E-state index contributed by atoms with van der Waals surface area (Å²) < 4.78 is 0. The summed E-state index contributed by atoms with van der Waals surface area (Å²) in [5, 5.41) is 0. The van der Waals surface area contributed by atoms with Crippen LogP contribution in [-0.4, -0.2) is 10.7 Å². The second-order valence-electron chi connectivity index (χ2n) is 3.05. The minimum Gasteiger partial charge on any atom is -0.383 e. The van der Waals surface area contributed by atoms with Gasteiger partial charge < -0.3 is 5.73 Å². The molecule has 1 aromatic heterocycles. The van der Waals surface area contributed by atoms with Crippen LogP contribution in [0.15, 0.2) is 17.3 Å². The molecule has 0 spiro atoms. The van der Waals surface area contributed by atoms with E-state index in [9.17, 15) is 0 Å². The van der Waals surface area contributed by atoms with Gasteiger partial charge in [0.25, 0.3) is 0 Å². The molecule has 0 radical (unpaired) electrons. The minimum absolute atomic E-state index is 0.241. The normalized spacial score (nSPS) is 20.5. The Morgan fingerprint density at radius 3 is 2.92 bits per heavy atom. The number of rotatable bonds is 0. The molecule has 0 saturated heterocycles. The SMILES string of the molecule is CC1=NC(C)c2ccnc(N)c21. The van der Waals surface area contributed by atoms with Crippen molar-refractivity contribution >= 4 is 11.5 Å². The number of nitrogens with two attached hydrogens (primary N) is 1. The first kappa shape index (κ1) is 7.28. The maximum Gasteiger partial charge on any atom is 0.132 e. The van der Waals surface area contributed by atoms with Gasteiger partial charge in [0.1, 0.15) is 5.82 Å². The molecule has 12 heavy (non-hydrogen) atoms. The van der Waals surface area contributed by atoms with Gasteiger partial charge in [-0.05, 0) is 25.5 Å². The molecule has 62 valence electrons. The summed E-state index contributed by atoms with van der Waals surface area (Å²) in [5.74, 6) is 0.595. The highest BCUT2D eigenvalue weighted by molar-refractivity contribution is 6.05. The molecule has 1 aliphatic heterocycles. The van der Waals surface area contributed by atoms with E-state index in [-0.39, 0.29) is 6.04 Å². The van der Waals surface area contributed by atoms with Crippen LogP contribution in [0.25, 0.3) is 0 Å². The summed E-state index contributed by atoms with van der Waals surface area (Å²) in [7, 11) is 0. The molecule has 0 bridgehead atoms. The van der Waals surface area contributed by atoms with E-state index < -0.39 is 0 Å². The highest BCUT2D eigenvalue weighted by Crippen LogP contribution is 2.30. The zero-order chi connectivity index (χ0) is 8.72. The molecule has 1 atom stereocenters. The van der Waals surface area contributed by atoms with Crippen molar-refractivity contribution < 1.29 is 0 Å². The molecule has 3 nitrogen and oxygen atoms in total. The minimum atomic E-state index is 0.241. The van der Waals surface area contributed by atoms with E-state index in [1.54, 1.807) is 6.20 Å². The van der Waals surface area contributed by atoms with Gasteiger partial charge in [0, 0.05) is 17.5 Å². The Kier molecular flexibility index (Phi) is 1.40. The Morgan fingerprint density at radius 1 is 1.50 bits per heavy atom. The number of aromatic nitrogens is 1. The number of nitrogen functional groups attached to an aromatic ring is 1. The van der Waals surface area contributed by atoms with Crippen molar-refractivity contribution in [1.29, 1.82) is 0 Å². The van der Waals surface area contributed by atoms with Gasteiger partial charge in [0.05, 0.1) is 6.04 Å². The van der Waals surface area contributed by atoms with Crippen LogP contribution in [0.3, 0.4) is 0 Å². The maximum atomic E-state index is 5.73. The second-order valence-corrected chi connectivity index (χ2v) is 3.05. The lowest BCUT2D eigenvalue weighted by Gasteiger charge is -2.03. The molecule has 2 rings (SSSR count). The summed E-state index contributed by atoms with van der Waals surface area (Å²) in [6.07, 6.45) is 1.73. The second kappa shape index (κ2) is 2.30. The van der Waals surface area contributed by atoms with Crippen molar-refractivity contribution in [3.8, 4) is 0 Å². The highest BCUT2D eigenvalue weighted by Gasteiger charge is 2.21. The fourth-order valence-electron chi connectivity index (χ4n) is 1.66. The zero-order valence-corrected chi connectivity index (χ0v) is 7.20. The van der Waals surface area contributed by atoms with Crippen LogP contribution in [0.4, 0.5) is 5.82 Å². The Bertz CT molecular complexity index is 355. The van der Waals surface area contributed by atoms with Gasteiger partial charge >= 0.3 is 0 Å². The smallest absolute Gasteiger partial charge is 0.132 e. The molecular weight excluding hydrogens is 150 g/mol. The Balaban J connectivity index is 2.68. The van der Waals surface area contributed by atoms with Crippen LogP contribution < -0.4 is 5.73 Å². The first-order valence-corrected chi connectivity index (χ1v) is 3.99. The predicted molar refractivity (Wildman–Crippen MR) is 49.3 cm³/mol. The van der Waals surface area contributed by atoms with Crippen molar-refractivity contribution in [3.05, 3.63) is 23.4 Å².